The number of halogens is 4. The summed E-state index contributed by atoms with van der Waals surface area (Å²) in [4.78, 5) is 7.07. The van der Waals surface area contributed by atoms with Gasteiger partial charge in [-0.25, -0.2) is 9.97 Å². The molecule has 0 radical (unpaired) electrons. The number of nitrogens with zero attached hydrogens (tertiary/aromatic N) is 2. The lowest BCUT2D eigenvalue weighted by Crippen LogP contribution is -2.34. The third-order valence-corrected chi connectivity index (χ3v) is 4.67. The van der Waals surface area contributed by atoms with E-state index >= 15 is 0 Å². The molecule has 0 saturated heterocycles. The van der Waals surface area contributed by atoms with Crippen molar-refractivity contribution in [2.45, 2.75) is 43.2 Å². The molecule has 1 aliphatic carbocycles. The fourth-order valence-corrected chi connectivity index (χ4v) is 3.49. The van der Waals surface area contributed by atoms with Crippen molar-refractivity contribution in [3.63, 3.8) is 0 Å². The first-order chi connectivity index (χ1) is 9.40. The van der Waals surface area contributed by atoms with Crippen LogP contribution < -0.4 is 5.32 Å². The summed E-state index contributed by atoms with van der Waals surface area (Å²) in [6.07, 6.45) is 1.70. The van der Waals surface area contributed by atoms with Crippen LogP contribution in [0.25, 0.3) is 0 Å². The zero-order valence-corrected chi connectivity index (χ0v) is 12.4. The van der Waals surface area contributed by atoms with Crippen LogP contribution >= 0.6 is 23.4 Å². The smallest absolute Gasteiger partial charge is 0.366 e. The molecule has 2 atom stereocenters. The molecular weight excluding hydrogens is 311 g/mol. The molecule has 1 fully saturated rings. The standard InChI is InChI=1S/C12H15ClF3N3S/c1-20-8-5-3-2-4-7(8)17-10-6-9(12(14,15)16)18-11(13)19-10/h6-8H,2-5H2,1H3,(H,17,18,19). The topological polar surface area (TPSA) is 37.8 Å². The molecule has 1 N–H and O–H groups in total. The molecule has 1 saturated carbocycles. The van der Waals surface area contributed by atoms with E-state index < -0.39 is 11.9 Å². The maximum absolute atomic E-state index is 12.7. The van der Waals surface area contributed by atoms with Crippen molar-refractivity contribution in [2.24, 2.45) is 0 Å². The maximum Gasteiger partial charge on any atom is 0.433 e. The molecular formula is C12H15ClF3N3S. The second-order valence-corrected chi connectivity index (χ2v) is 6.13. The maximum atomic E-state index is 12.7. The van der Waals surface area contributed by atoms with Gasteiger partial charge in [-0.05, 0) is 30.7 Å². The minimum atomic E-state index is -4.52. The molecule has 3 nitrogen and oxygen atoms in total. The first-order valence-electron chi connectivity index (χ1n) is 6.31. The van der Waals surface area contributed by atoms with Gasteiger partial charge in [0.25, 0.3) is 0 Å². The average molecular weight is 326 g/mol. The second-order valence-electron chi connectivity index (χ2n) is 4.71. The molecule has 0 aromatic carbocycles. The Labute approximate surface area is 124 Å². The molecule has 0 bridgehead atoms. The highest BCUT2D eigenvalue weighted by atomic mass is 35.5. The first-order valence-corrected chi connectivity index (χ1v) is 7.98. The van der Waals surface area contributed by atoms with E-state index in [-0.39, 0.29) is 17.1 Å². The third-order valence-electron chi connectivity index (χ3n) is 3.33. The van der Waals surface area contributed by atoms with Crippen LogP contribution in [-0.4, -0.2) is 27.5 Å². The quantitative estimate of drug-likeness (QED) is 0.844. The number of aromatic nitrogens is 2. The Balaban J connectivity index is 2.18. The minimum Gasteiger partial charge on any atom is -0.366 e. The summed E-state index contributed by atoms with van der Waals surface area (Å²) in [6, 6.07) is 1.03. The number of hydrogen-bond acceptors (Lipinski definition) is 4. The summed E-state index contributed by atoms with van der Waals surface area (Å²) in [5.41, 5.74) is -1.02. The van der Waals surface area contributed by atoms with Gasteiger partial charge < -0.3 is 5.32 Å². The molecule has 1 aromatic rings. The van der Waals surface area contributed by atoms with Crippen molar-refractivity contribution in [1.29, 1.82) is 0 Å². The summed E-state index contributed by atoms with van der Waals surface area (Å²) < 4.78 is 38.1. The number of alkyl halides is 3. The van der Waals surface area contributed by atoms with E-state index in [0.29, 0.717) is 5.25 Å². The second kappa shape index (κ2) is 6.39. The molecule has 112 valence electrons. The van der Waals surface area contributed by atoms with Crippen LogP contribution in [-0.2, 0) is 6.18 Å². The monoisotopic (exact) mass is 325 g/mol. The van der Waals surface area contributed by atoms with Crippen molar-refractivity contribution in [3.05, 3.63) is 17.0 Å². The van der Waals surface area contributed by atoms with E-state index in [1.54, 1.807) is 11.8 Å². The van der Waals surface area contributed by atoms with Gasteiger partial charge in [0.05, 0.1) is 0 Å². The SMILES string of the molecule is CSC1CCCCC1Nc1cc(C(F)(F)F)nc(Cl)n1. The molecule has 8 heteroatoms. The van der Waals surface area contributed by atoms with E-state index in [9.17, 15) is 13.2 Å². The van der Waals surface area contributed by atoms with E-state index in [0.717, 1.165) is 31.7 Å². The Kier molecular flexibility index (Phi) is 5.01. The lowest BCUT2D eigenvalue weighted by molar-refractivity contribution is -0.141. The lowest BCUT2D eigenvalue weighted by atomic mass is 9.95. The molecule has 2 rings (SSSR count). The highest BCUT2D eigenvalue weighted by Gasteiger charge is 2.34. The Bertz CT molecular complexity index is 470. The van der Waals surface area contributed by atoms with Crippen molar-refractivity contribution in [1.82, 2.24) is 9.97 Å². The van der Waals surface area contributed by atoms with Crippen molar-refractivity contribution in [2.75, 3.05) is 11.6 Å². The summed E-state index contributed by atoms with van der Waals surface area (Å²) >= 11 is 7.30. The van der Waals surface area contributed by atoms with Gasteiger partial charge in [0.1, 0.15) is 5.82 Å². The van der Waals surface area contributed by atoms with Crippen LogP contribution in [0.5, 0.6) is 0 Å². The average Bonchev–Trinajstić information content (AvgIpc) is 2.37. The zero-order valence-electron chi connectivity index (χ0n) is 10.9. The third kappa shape index (κ3) is 3.91. The van der Waals surface area contributed by atoms with Crippen LogP contribution in [0.3, 0.4) is 0 Å². The first kappa shape index (κ1) is 15.7. The predicted octanol–water partition coefficient (Wildman–Crippen LogP) is 4.23. The Hall–Kier alpha value is -0.690. The number of nitrogens with one attached hydrogen (secondary N) is 1. The fraction of sp³-hybridized carbons (Fsp3) is 0.667. The van der Waals surface area contributed by atoms with Crippen LogP contribution in [0.4, 0.5) is 19.0 Å². The van der Waals surface area contributed by atoms with Gasteiger partial charge in [-0.3, -0.25) is 0 Å². The number of hydrogen-bond donors (Lipinski definition) is 1. The predicted molar refractivity (Wildman–Crippen MR) is 75.2 cm³/mol. The Morgan fingerprint density at radius 2 is 2.00 bits per heavy atom. The van der Waals surface area contributed by atoms with Crippen LogP contribution in [0.1, 0.15) is 31.4 Å². The van der Waals surface area contributed by atoms with Gasteiger partial charge in [-0.15, -0.1) is 0 Å². The molecule has 0 amide bonds. The molecule has 2 unspecified atom stereocenters. The van der Waals surface area contributed by atoms with E-state index in [2.05, 4.69) is 15.3 Å². The Morgan fingerprint density at radius 3 is 2.65 bits per heavy atom. The highest BCUT2D eigenvalue weighted by Crippen LogP contribution is 2.32. The van der Waals surface area contributed by atoms with Gasteiger partial charge in [-0.2, -0.15) is 24.9 Å². The zero-order chi connectivity index (χ0) is 14.8. The van der Waals surface area contributed by atoms with E-state index in [4.69, 9.17) is 11.6 Å². The summed E-state index contributed by atoms with van der Waals surface area (Å²) in [7, 11) is 0. The molecule has 20 heavy (non-hydrogen) atoms. The normalized spacial score (nSPS) is 23.6. The van der Waals surface area contributed by atoms with E-state index in [1.807, 2.05) is 6.26 Å². The highest BCUT2D eigenvalue weighted by molar-refractivity contribution is 7.99. The van der Waals surface area contributed by atoms with E-state index in [1.165, 1.54) is 0 Å². The molecule has 1 heterocycles. The van der Waals surface area contributed by atoms with Crippen LogP contribution in [0.2, 0.25) is 5.28 Å². The van der Waals surface area contributed by atoms with Crippen molar-refractivity contribution < 1.29 is 13.2 Å². The summed E-state index contributed by atoms with van der Waals surface area (Å²) in [5.74, 6) is 0.142. The largest absolute Gasteiger partial charge is 0.433 e. The molecule has 0 aliphatic heterocycles. The van der Waals surface area contributed by atoms with Gasteiger partial charge in [0, 0.05) is 17.4 Å². The summed E-state index contributed by atoms with van der Waals surface area (Å²) in [5, 5.41) is 3.07. The number of thioether (sulfide) groups is 1. The van der Waals surface area contributed by atoms with Crippen LogP contribution in [0.15, 0.2) is 6.07 Å². The molecule has 0 spiro atoms. The Morgan fingerprint density at radius 1 is 1.30 bits per heavy atom. The fourth-order valence-electron chi connectivity index (χ4n) is 2.37. The minimum absolute atomic E-state index is 0.116. The van der Waals surface area contributed by atoms with Crippen molar-refractivity contribution >= 4 is 29.2 Å². The number of anilines is 1. The van der Waals surface area contributed by atoms with Gasteiger partial charge in [-0.1, -0.05) is 12.8 Å². The molecule has 1 aromatic heterocycles. The number of rotatable bonds is 3. The van der Waals surface area contributed by atoms with Gasteiger partial charge in [0.15, 0.2) is 5.69 Å². The van der Waals surface area contributed by atoms with Crippen molar-refractivity contribution in [3.8, 4) is 0 Å². The lowest BCUT2D eigenvalue weighted by Gasteiger charge is -2.31. The van der Waals surface area contributed by atoms with Gasteiger partial charge in [0.2, 0.25) is 5.28 Å². The molecule has 1 aliphatic rings. The van der Waals surface area contributed by atoms with Gasteiger partial charge >= 0.3 is 6.18 Å². The summed E-state index contributed by atoms with van der Waals surface area (Å²) in [6.45, 7) is 0. The van der Waals surface area contributed by atoms with Crippen LogP contribution in [0, 0.1) is 0 Å².